The third-order valence-corrected chi connectivity index (χ3v) is 5.04. The van der Waals surface area contributed by atoms with Crippen LogP contribution in [0.5, 0.6) is 0 Å². The number of pyridine rings is 1. The Morgan fingerprint density at radius 2 is 1.75 bits per heavy atom. The molecule has 0 aliphatic heterocycles. The van der Waals surface area contributed by atoms with Gasteiger partial charge in [0, 0.05) is 30.4 Å². The van der Waals surface area contributed by atoms with Crippen LogP contribution in [0.15, 0.2) is 52.6 Å². The number of nitrogens with zero attached hydrogens (tertiary/aromatic N) is 1. The molecule has 2 heterocycles. The number of hydrogen-bond acceptors (Lipinski definition) is 3. The molecule has 0 amide bonds. The van der Waals surface area contributed by atoms with Gasteiger partial charge in [0.2, 0.25) is 0 Å². The molecule has 0 fully saturated rings. The van der Waals surface area contributed by atoms with Gasteiger partial charge in [0.05, 0.1) is 5.56 Å². The maximum Gasteiger partial charge on any atom is 0.419 e. The zero-order valence-electron chi connectivity index (χ0n) is 14.7. The third kappa shape index (κ3) is 4.63. The standard InChI is InChI=1S/C19H16F4N2OS.ClH/c1-12-13(7-8-16(26)25(12)17-6-3-9-27-17)10-24-11-14-4-2-5-15(18(14)20)19(21,22)23;/h2-9,24H,10-11H2,1H3;1H. The molecule has 1 aromatic carbocycles. The van der Waals surface area contributed by atoms with E-state index in [1.54, 1.807) is 17.6 Å². The summed E-state index contributed by atoms with van der Waals surface area (Å²) in [6.45, 7) is 2.02. The summed E-state index contributed by atoms with van der Waals surface area (Å²) in [6, 6.07) is 10.00. The van der Waals surface area contributed by atoms with Crippen molar-refractivity contribution in [2.75, 3.05) is 0 Å². The molecule has 0 aliphatic rings. The van der Waals surface area contributed by atoms with Crippen LogP contribution in [0.25, 0.3) is 5.00 Å². The maximum atomic E-state index is 14.1. The molecule has 0 spiro atoms. The van der Waals surface area contributed by atoms with Gasteiger partial charge in [-0.1, -0.05) is 18.2 Å². The molecule has 0 atom stereocenters. The number of alkyl halides is 3. The fourth-order valence-electron chi connectivity index (χ4n) is 2.80. The number of aromatic nitrogens is 1. The van der Waals surface area contributed by atoms with Crippen molar-refractivity contribution < 1.29 is 17.6 Å². The second kappa shape index (κ2) is 8.89. The molecule has 0 saturated heterocycles. The Morgan fingerprint density at radius 1 is 1.04 bits per heavy atom. The van der Waals surface area contributed by atoms with Gasteiger partial charge in [-0.15, -0.1) is 23.7 Å². The first-order valence-electron chi connectivity index (χ1n) is 8.09. The third-order valence-electron chi connectivity index (χ3n) is 4.19. The van der Waals surface area contributed by atoms with E-state index in [-0.39, 0.29) is 36.6 Å². The highest BCUT2D eigenvalue weighted by molar-refractivity contribution is 7.12. The van der Waals surface area contributed by atoms with Crippen molar-refractivity contribution in [3.8, 4) is 5.00 Å². The van der Waals surface area contributed by atoms with Gasteiger partial charge in [0.15, 0.2) is 0 Å². The Morgan fingerprint density at radius 3 is 2.39 bits per heavy atom. The summed E-state index contributed by atoms with van der Waals surface area (Å²) in [5.41, 5.74) is 0.0262. The minimum absolute atomic E-state index is 0. The monoisotopic (exact) mass is 432 g/mol. The van der Waals surface area contributed by atoms with Crippen molar-refractivity contribution in [2.24, 2.45) is 0 Å². The number of halogens is 5. The van der Waals surface area contributed by atoms with Gasteiger partial charge in [-0.05, 0) is 36.1 Å². The highest BCUT2D eigenvalue weighted by Crippen LogP contribution is 2.32. The Balaban J connectivity index is 0.00000280. The molecule has 2 aromatic heterocycles. The lowest BCUT2D eigenvalue weighted by Crippen LogP contribution is -2.23. The molecule has 9 heteroatoms. The lowest BCUT2D eigenvalue weighted by molar-refractivity contribution is -0.140. The van der Waals surface area contributed by atoms with Gasteiger partial charge in [-0.2, -0.15) is 13.2 Å². The number of benzene rings is 1. The average Bonchev–Trinajstić information content (AvgIpc) is 3.11. The van der Waals surface area contributed by atoms with E-state index >= 15 is 0 Å². The molecule has 150 valence electrons. The number of thiophene rings is 1. The summed E-state index contributed by atoms with van der Waals surface area (Å²) in [7, 11) is 0. The topological polar surface area (TPSA) is 34.0 Å². The van der Waals surface area contributed by atoms with E-state index in [4.69, 9.17) is 0 Å². The molecule has 3 nitrogen and oxygen atoms in total. The number of nitrogens with one attached hydrogen (secondary N) is 1. The second-order valence-electron chi connectivity index (χ2n) is 5.95. The van der Waals surface area contributed by atoms with Crippen molar-refractivity contribution in [3.05, 3.63) is 86.4 Å². The predicted molar refractivity (Wildman–Crippen MR) is 104 cm³/mol. The molecule has 0 aliphatic carbocycles. The van der Waals surface area contributed by atoms with Crippen molar-refractivity contribution in [1.82, 2.24) is 9.88 Å². The van der Waals surface area contributed by atoms with E-state index in [9.17, 15) is 22.4 Å². The van der Waals surface area contributed by atoms with Crippen LogP contribution in [0.3, 0.4) is 0 Å². The van der Waals surface area contributed by atoms with Crippen molar-refractivity contribution in [2.45, 2.75) is 26.2 Å². The summed E-state index contributed by atoms with van der Waals surface area (Å²) < 4.78 is 54.0. The summed E-state index contributed by atoms with van der Waals surface area (Å²) in [6.07, 6.45) is -4.73. The zero-order valence-corrected chi connectivity index (χ0v) is 16.3. The fourth-order valence-corrected chi connectivity index (χ4v) is 3.59. The Kier molecular flexibility index (Phi) is 7.03. The molecule has 0 bridgehead atoms. The number of rotatable bonds is 5. The van der Waals surface area contributed by atoms with Gasteiger partial charge < -0.3 is 5.32 Å². The molecular weight excluding hydrogens is 416 g/mol. The van der Waals surface area contributed by atoms with Crippen LogP contribution in [0.2, 0.25) is 0 Å². The molecule has 0 radical (unpaired) electrons. The van der Waals surface area contributed by atoms with Crippen LogP contribution in [0.4, 0.5) is 17.6 Å². The van der Waals surface area contributed by atoms with E-state index in [2.05, 4.69) is 5.32 Å². The van der Waals surface area contributed by atoms with Crippen molar-refractivity contribution in [3.63, 3.8) is 0 Å². The van der Waals surface area contributed by atoms with E-state index in [0.717, 1.165) is 22.3 Å². The quantitative estimate of drug-likeness (QED) is 0.571. The lowest BCUT2D eigenvalue weighted by Gasteiger charge is -2.14. The Labute approximate surface area is 169 Å². The maximum absolute atomic E-state index is 14.1. The van der Waals surface area contributed by atoms with Gasteiger partial charge in [0.25, 0.3) is 5.56 Å². The predicted octanol–water partition coefficient (Wildman–Crippen LogP) is 5.08. The fraction of sp³-hybridized carbons (Fsp3) is 0.211. The minimum atomic E-state index is -4.73. The summed E-state index contributed by atoms with van der Waals surface area (Å²) in [5.74, 6) is -1.27. The average molecular weight is 433 g/mol. The van der Waals surface area contributed by atoms with E-state index < -0.39 is 17.6 Å². The van der Waals surface area contributed by atoms with E-state index in [0.29, 0.717) is 0 Å². The summed E-state index contributed by atoms with van der Waals surface area (Å²) >= 11 is 1.43. The summed E-state index contributed by atoms with van der Waals surface area (Å²) in [4.78, 5) is 12.2. The van der Waals surface area contributed by atoms with Gasteiger partial charge in [0.1, 0.15) is 10.8 Å². The normalized spacial score (nSPS) is 11.3. The molecule has 0 unspecified atom stereocenters. The van der Waals surface area contributed by atoms with Gasteiger partial charge in [-0.25, -0.2) is 4.39 Å². The molecule has 3 aromatic rings. The molecule has 1 N–H and O–H groups in total. The van der Waals surface area contributed by atoms with Crippen LogP contribution >= 0.6 is 23.7 Å². The van der Waals surface area contributed by atoms with Gasteiger partial charge in [-0.3, -0.25) is 9.36 Å². The van der Waals surface area contributed by atoms with Crippen molar-refractivity contribution in [1.29, 1.82) is 0 Å². The second-order valence-corrected chi connectivity index (χ2v) is 6.88. The first-order chi connectivity index (χ1) is 12.8. The lowest BCUT2D eigenvalue weighted by atomic mass is 10.1. The van der Waals surface area contributed by atoms with Crippen LogP contribution < -0.4 is 10.9 Å². The highest BCUT2D eigenvalue weighted by atomic mass is 35.5. The molecule has 3 rings (SSSR count). The Bertz CT molecular complexity index is 1000. The van der Waals surface area contributed by atoms with Crippen LogP contribution in [-0.4, -0.2) is 4.57 Å². The zero-order chi connectivity index (χ0) is 19.6. The smallest absolute Gasteiger partial charge is 0.308 e. The van der Waals surface area contributed by atoms with E-state index in [1.165, 1.54) is 29.5 Å². The molecule has 28 heavy (non-hydrogen) atoms. The first kappa shape index (κ1) is 22.1. The minimum Gasteiger partial charge on any atom is -0.308 e. The van der Waals surface area contributed by atoms with Crippen molar-refractivity contribution >= 4 is 23.7 Å². The van der Waals surface area contributed by atoms with Crippen LogP contribution in [0.1, 0.15) is 22.4 Å². The largest absolute Gasteiger partial charge is 0.419 e. The van der Waals surface area contributed by atoms with Gasteiger partial charge >= 0.3 is 6.18 Å². The number of hydrogen-bond donors (Lipinski definition) is 1. The SMILES string of the molecule is Cc1c(CNCc2cccc(C(F)(F)F)c2F)ccc(=O)n1-c1cccs1.Cl. The Hall–Kier alpha value is -2.16. The summed E-state index contributed by atoms with van der Waals surface area (Å²) in [5, 5.41) is 5.60. The molecular formula is C19H17ClF4N2OS. The molecule has 0 saturated carbocycles. The first-order valence-corrected chi connectivity index (χ1v) is 8.97. The van der Waals surface area contributed by atoms with Crippen LogP contribution in [0, 0.1) is 12.7 Å². The van der Waals surface area contributed by atoms with E-state index in [1.807, 2.05) is 17.5 Å². The van der Waals surface area contributed by atoms with Crippen LogP contribution in [-0.2, 0) is 19.3 Å². The highest BCUT2D eigenvalue weighted by Gasteiger charge is 2.34.